The molecule has 0 aliphatic heterocycles. The van der Waals surface area contributed by atoms with E-state index >= 15 is 0 Å². The van der Waals surface area contributed by atoms with E-state index in [0.29, 0.717) is 33.1 Å². The molecule has 6 heteroatoms. The van der Waals surface area contributed by atoms with Gasteiger partial charge in [0.1, 0.15) is 0 Å². The number of methoxy groups -OCH3 is 1. The fourth-order valence-corrected chi connectivity index (χ4v) is 2.35. The molecule has 0 aliphatic carbocycles. The standard InChI is InChI=1S/C15H11ClN2O3/c1-8-13-11(15(19)20-2)7-12(17-14(13)21-18-8)9-4-3-5-10(16)6-9/h3-7H,1-2H3. The van der Waals surface area contributed by atoms with Crippen molar-refractivity contribution >= 4 is 28.7 Å². The monoisotopic (exact) mass is 302 g/mol. The maximum atomic E-state index is 12.0. The van der Waals surface area contributed by atoms with Crippen molar-refractivity contribution in [1.29, 1.82) is 0 Å². The molecule has 5 nitrogen and oxygen atoms in total. The minimum absolute atomic E-state index is 0.297. The number of carbonyl (C=O) groups excluding carboxylic acids is 1. The third-order valence-corrected chi connectivity index (χ3v) is 3.38. The van der Waals surface area contributed by atoms with Crippen molar-refractivity contribution < 1.29 is 14.1 Å². The molecule has 0 atom stereocenters. The Morgan fingerprint density at radius 1 is 1.33 bits per heavy atom. The fraction of sp³-hybridized carbons (Fsp3) is 0.133. The van der Waals surface area contributed by atoms with Gasteiger partial charge in [-0.3, -0.25) is 0 Å². The number of benzene rings is 1. The predicted octanol–water partition coefficient (Wildman–Crippen LogP) is 3.64. The molecule has 2 aromatic heterocycles. The summed E-state index contributed by atoms with van der Waals surface area (Å²) in [6.45, 7) is 1.75. The average molecular weight is 303 g/mol. The largest absolute Gasteiger partial charge is 0.465 e. The zero-order valence-electron chi connectivity index (χ0n) is 11.4. The summed E-state index contributed by atoms with van der Waals surface area (Å²) < 4.78 is 10.00. The lowest BCUT2D eigenvalue weighted by atomic mass is 10.1. The molecule has 2 heterocycles. The van der Waals surface area contributed by atoms with Gasteiger partial charge < -0.3 is 9.26 Å². The van der Waals surface area contributed by atoms with Gasteiger partial charge in [0.25, 0.3) is 5.71 Å². The van der Waals surface area contributed by atoms with Crippen LogP contribution in [0.2, 0.25) is 5.02 Å². The molecule has 3 rings (SSSR count). The summed E-state index contributed by atoms with van der Waals surface area (Å²) in [5.74, 6) is -0.461. The molecular formula is C15H11ClN2O3. The zero-order valence-corrected chi connectivity index (χ0v) is 12.1. The number of aryl methyl sites for hydroxylation is 1. The van der Waals surface area contributed by atoms with Crippen molar-refractivity contribution in [3.63, 3.8) is 0 Å². The van der Waals surface area contributed by atoms with Gasteiger partial charge >= 0.3 is 5.97 Å². The number of nitrogens with zero attached hydrogens (tertiary/aromatic N) is 2. The van der Waals surface area contributed by atoms with Crippen molar-refractivity contribution in [3.05, 3.63) is 46.6 Å². The van der Waals surface area contributed by atoms with Crippen LogP contribution in [0, 0.1) is 6.92 Å². The van der Waals surface area contributed by atoms with Crippen molar-refractivity contribution in [1.82, 2.24) is 10.1 Å². The minimum atomic E-state index is -0.461. The fourth-order valence-electron chi connectivity index (χ4n) is 2.16. The van der Waals surface area contributed by atoms with Gasteiger partial charge in [0.15, 0.2) is 0 Å². The Morgan fingerprint density at radius 2 is 2.14 bits per heavy atom. The topological polar surface area (TPSA) is 65.2 Å². The van der Waals surface area contributed by atoms with E-state index in [1.807, 2.05) is 12.1 Å². The molecule has 106 valence electrons. The first-order chi connectivity index (χ1) is 10.1. The second kappa shape index (κ2) is 5.18. The van der Waals surface area contributed by atoms with E-state index in [2.05, 4.69) is 10.1 Å². The smallest absolute Gasteiger partial charge is 0.338 e. The Hall–Kier alpha value is -2.40. The second-order valence-corrected chi connectivity index (χ2v) is 4.94. The van der Waals surface area contributed by atoms with Crippen LogP contribution < -0.4 is 0 Å². The van der Waals surface area contributed by atoms with E-state index in [1.165, 1.54) is 7.11 Å². The molecule has 0 amide bonds. The van der Waals surface area contributed by atoms with Crippen LogP contribution in [0.4, 0.5) is 0 Å². The van der Waals surface area contributed by atoms with Crippen molar-refractivity contribution in [2.24, 2.45) is 0 Å². The van der Waals surface area contributed by atoms with E-state index in [4.69, 9.17) is 20.9 Å². The molecule has 0 saturated heterocycles. The number of hydrogen-bond donors (Lipinski definition) is 0. The van der Waals surface area contributed by atoms with Crippen LogP contribution in [-0.4, -0.2) is 23.2 Å². The lowest BCUT2D eigenvalue weighted by Gasteiger charge is -2.05. The number of rotatable bonds is 2. The lowest BCUT2D eigenvalue weighted by molar-refractivity contribution is 0.0603. The number of halogens is 1. The summed E-state index contributed by atoms with van der Waals surface area (Å²) in [6.07, 6.45) is 0. The number of hydrogen-bond acceptors (Lipinski definition) is 5. The quantitative estimate of drug-likeness (QED) is 0.676. The molecule has 0 unspecified atom stereocenters. The van der Waals surface area contributed by atoms with Crippen LogP contribution in [0.1, 0.15) is 16.1 Å². The summed E-state index contributed by atoms with van der Waals surface area (Å²) >= 11 is 5.99. The molecule has 0 radical (unpaired) electrons. The predicted molar refractivity (Wildman–Crippen MR) is 78.3 cm³/mol. The van der Waals surface area contributed by atoms with Crippen molar-refractivity contribution in [2.45, 2.75) is 6.92 Å². The number of aromatic nitrogens is 2. The van der Waals surface area contributed by atoms with E-state index in [-0.39, 0.29) is 0 Å². The van der Waals surface area contributed by atoms with Gasteiger partial charge in [0.05, 0.1) is 29.4 Å². The van der Waals surface area contributed by atoms with Gasteiger partial charge in [-0.25, -0.2) is 9.78 Å². The number of pyridine rings is 1. The van der Waals surface area contributed by atoms with Gasteiger partial charge in [-0.1, -0.05) is 28.9 Å². The molecule has 0 saturated carbocycles. The molecule has 0 bridgehead atoms. The Labute approximate surface area is 125 Å². The third kappa shape index (κ3) is 2.36. The maximum absolute atomic E-state index is 12.0. The maximum Gasteiger partial charge on any atom is 0.338 e. The first kappa shape index (κ1) is 13.6. The van der Waals surface area contributed by atoms with E-state index in [1.54, 1.807) is 25.1 Å². The highest BCUT2D eigenvalue weighted by molar-refractivity contribution is 6.30. The number of carbonyl (C=O) groups is 1. The Kier molecular flexibility index (Phi) is 3.35. The van der Waals surface area contributed by atoms with Crippen molar-refractivity contribution in [3.8, 4) is 11.3 Å². The van der Waals surface area contributed by atoms with E-state index < -0.39 is 5.97 Å². The van der Waals surface area contributed by atoms with Gasteiger partial charge in [-0.2, -0.15) is 0 Å². The Bertz CT molecular complexity index is 842. The second-order valence-electron chi connectivity index (χ2n) is 4.51. The van der Waals surface area contributed by atoms with Gasteiger partial charge in [0.2, 0.25) is 0 Å². The first-order valence-corrected chi connectivity index (χ1v) is 6.59. The van der Waals surface area contributed by atoms with Crippen LogP contribution >= 0.6 is 11.6 Å². The van der Waals surface area contributed by atoms with Gasteiger partial charge in [0, 0.05) is 10.6 Å². The van der Waals surface area contributed by atoms with Gasteiger partial charge in [-0.15, -0.1) is 0 Å². The van der Waals surface area contributed by atoms with Crippen molar-refractivity contribution in [2.75, 3.05) is 7.11 Å². The van der Waals surface area contributed by atoms with Gasteiger partial charge in [-0.05, 0) is 25.1 Å². The summed E-state index contributed by atoms with van der Waals surface area (Å²) in [6, 6.07) is 8.85. The van der Waals surface area contributed by atoms with E-state index in [0.717, 1.165) is 5.56 Å². The minimum Gasteiger partial charge on any atom is -0.465 e. The molecule has 0 fully saturated rings. The summed E-state index contributed by atoms with van der Waals surface area (Å²) in [7, 11) is 1.33. The Balaban J connectivity index is 2.28. The summed E-state index contributed by atoms with van der Waals surface area (Å²) in [4.78, 5) is 16.4. The molecule has 21 heavy (non-hydrogen) atoms. The highest BCUT2D eigenvalue weighted by Crippen LogP contribution is 2.28. The molecule has 0 aliphatic rings. The van der Waals surface area contributed by atoms with Crippen LogP contribution in [0.5, 0.6) is 0 Å². The van der Waals surface area contributed by atoms with Crippen LogP contribution in [-0.2, 0) is 4.74 Å². The molecule has 0 N–H and O–H groups in total. The molecular weight excluding hydrogens is 292 g/mol. The van der Waals surface area contributed by atoms with Crippen LogP contribution in [0.25, 0.3) is 22.4 Å². The van der Waals surface area contributed by atoms with Crippen LogP contribution in [0.15, 0.2) is 34.9 Å². The SMILES string of the molecule is COC(=O)c1cc(-c2cccc(Cl)c2)nc2onc(C)c12. The number of ether oxygens (including phenoxy) is 1. The third-order valence-electron chi connectivity index (χ3n) is 3.14. The molecule has 0 spiro atoms. The highest BCUT2D eigenvalue weighted by Gasteiger charge is 2.19. The lowest BCUT2D eigenvalue weighted by Crippen LogP contribution is -2.03. The number of fused-ring (bicyclic) bond motifs is 1. The summed E-state index contributed by atoms with van der Waals surface area (Å²) in [5.41, 5.74) is 2.61. The van der Waals surface area contributed by atoms with E-state index in [9.17, 15) is 4.79 Å². The molecule has 3 aromatic rings. The molecule has 1 aromatic carbocycles. The van der Waals surface area contributed by atoms with Crippen LogP contribution in [0.3, 0.4) is 0 Å². The summed E-state index contributed by atoms with van der Waals surface area (Å²) in [5, 5.41) is 5.00. The zero-order chi connectivity index (χ0) is 15.0. The normalized spacial score (nSPS) is 10.8. The number of esters is 1. The first-order valence-electron chi connectivity index (χ1n) is 6.21. The Morgan fingerprint density at radius 3 is 2.86 bits per heavy atom. The average Bonchev–Trinajstić information content (AvgIpc) is 2.87. The highest BCUT2D eigenvalue weighted by atomic mass is 35.5.